The molecular weight excluding hydrogens is 264 g/mol. The van der Waals surface area contributed by atoms with Gasteiger partial charge in [-0.1, -0.05) is 0 Å². The lowest BCUT2D eigenvalue weighted by Gasteiger charge is -2.35. The van der Waals surface area contributed by atoms with Crippen molar-refractivity contribution in [1.82, 2.24) is 15.2 Å². The van der Waals surface area contributed by atoms with Crippen LogP contribution < -0.4 is 10.2 Å². The number of pyridine rings is 1. The number of hydrogen-bond acceptors (Lipinski definition) is 4. The van der Waals surface area contributed by atoms with Crippen molar-refractivity contribution in [3.05, 3.63) is 24.0 Å². The van der Waals surface area contributed by atoms with Gasteiger partial charge < -0.3 is 15.1 Å². The van der Waals surface area contributed by atoms with Gasteiger partial charge in [0.2, 0.25) is 5.91 Å². The largest absolute Gasteiger partial charge is 0.367 e. The molecule has 5 heteroatoms. The zero-order valence-corrected chi connectivity index (χ0v) is 12.7. The lowest BCUT2D eigenvalue weighted by Crippen LogP contribution is -2.45. The molecule has 21 heavy (non-hydrogen) atoms. The van der Waals surface area contributed by atoms with Gasteiger partial charge in [0.25, 0.3) is 0 Å². The summed E-state index contributed by atoms with van der Waals surface area (Å²) in [6.45, 7) is 5.05. The maximum absolute atomic E-state index is 12.0. The number of nitrogens with zero attached hydrogens (tertiary/aromatic N) is 3. The van der Waals surface area contributed by atoms with Crippen LogP contribution in [0.4, 0.5) is 5.69 Å². The number of likely N-dealkylation sites (N-methyl/N-ethyl adjacent to an activating group) is 1. The van der Waals surface area contributed by atoms with Crippen molar-refractivity contribution in [3.8, 4) is 0 Å². The van der Waals surface area contributed by atoms with E-state index in [2.05, 4.69) is 33.2 Å². The Hall–Kier alpha value is -1.62. The molecule has 2 fully saturated rings. The molecule has 3 heterocycles. The first-order valence-corrected chi connectivity index (χ1v) is 7.89. The Balaban J connectivity index is 1.74. The van der Waals surface area contributed by atoms with E-state index in [1.54, 1.807) is 0 Å². The zero-order chi connectivity index (χ0) is 14.7. The van der Waals surface area contributed by atoms with Gasteiger partial charge in [-0.05, 0) is 32.0 Å². The second-order valence-corrected chi connectivity index (χ2v) is 6.09. The molecule has 3 rings (SSSR count). The van der Waals surface area contributed by atoms with Gasteiger partial charge >= 0.3 is 0 Å². The van der Waals surface area contributed by atoms with Crippen LogP contribution in [0.3, 0.4) is 0 Å². The van der Waals surface area contributed by atoms with Gasteiger partial charge in [-0.2, -0.15) is 0 Å². The van der Waals surface area contributed by atoms with E-state index in [0.29, 0.717) is 0 Å². The van der Waals surface area contributed by atoms with Gasteiger partial charge in [-0.3, -0.25) is 9.78 Å². The minimum absolute atomic E-state index is 0.0832. The standard InChI is InChI=1S/C16H24N4O/c1-19-8-10-20(11-9-19)15-5-3-6-17-14(15)12-13-4-2-7-18-16(13)21/h3,5-6,13H,2,4,7-12H2,1H3,(H,18,21). The number of piperazine rings is 1. The third-order valence-corrected chi connectivity index (χ3v) is 4.55. The second-order valence-electron chi connectivity index (χ2n) is 6.09. The molecule has 1 aromatic heterocycles. The SMILES string of the molecule is CN1CCN(c2cccnc2CC2CCCNC2=O)CC1. The van der Waals surface area contributed by atoms with Crippen LogP contribution in [0.15, 0.2) is 18.3 Å². The van der Waals surface area contributed by atoms with E-state index in [0.717, 1.165) is 57.7 Å². The van der Waals surface area contributed by atoms with E-state index < -0.39 is 0 Å². The summed E-state index contributed by atoms with van der Waals surface area (Å²) in [6.07, 6.45) is 4.65. The summed E-state index contributed by atoms with van der Waals surface area (Å²) in [5.41, 5.74) is 2.29. The summed E-state index contributed by atoms with van der Waals surface area (Å²) in [6, 6.07) is 4.15. The fraction of sp³-hybridized carbons (Fsp3) is 0.625. The number of amides is 1. The van der Waals surface area contributed by atoms with Crippen molar-refractivity contribution < 1.29 is 4.79 Å². The van der Waals surface area contributed by atoms with Crippen LogP contribution in [0.25, 0.3) is 0 Å². The number of carbonyl (C=O) groups is 1. The van der Waals surface area contributed by atoms with Gasteiger partial charge in [0, 0.05) is 51.3 Å². The first-order valence-electron chi connectivity index (χ1n) is 7.89. The van der Waals surface area contributed by atoms with E-state index in [9.17, 15) is 4.79 Å². The third kappa shape index (κ3) is 3.35. The maximum Gasteiger partial charge on any atom is 0.223 e. The van der Waals surface area contributed by atoms with E-state index in [1.165, 1.54) is 5.69 Å². The third-order valence-electron chi connectivity index (χ3n) is 4.55. The predicted octanol–water partition coefficient (Wildman–Crippen LogP) is 0.902. The summed E-state index contributed by atoms with van der Waals surface area (Å²) >= 11 is 0. The average molecular weight is 288 g/mol. The highest BCUT2D eigenvalue weighted by Crippen LogP contribution is 2.25. The smallest absolute Gasteiger partial charge is 0.223 e. The Kier molecular flexibility index (Phi) is 4.39. The molecule has 0 spiro atoms. The highest BCUT2D eigenvalue weighted by Gasteiger charge is 2.25. The molecule has 1 atom stereocenters. The molecule has 2 saturated heterocycles. The lowest BCUT2D eigenvalue weighted by molar-refractivity contribution is -0.126. The molecule has 2 aliphatic rings. The van der Waals surface area contributed by atoms with Crippen molar-refractivity contribution in [2.24, 2.45) is 5.92 Å². The van der Waals surface area contributed by atoms with Gasteiger partial charge in [0.15, 0.2) is 0 Å². The molecule has 1 unspecified atom stereocenters. The van der Waals surface area contributed by atoms with Gasteiger partial charge in [0.1, 0.15) is 0 Å². The molecule has 114 valence electrons. The Bertz CT molecular complexity index is 497. The Labute approximate surface area is 126 Å². The predicted molar refractivity (Wildman–Crippen MR) is 83.4 cm³/mol. The first kappa shape index (κ1) is 14.3. The lowest BCUT2D eigenvalue weighted by atomic mass is 9.93. The van der Waals surface area contributed by atoms with Crippen molar-refractivity contribution >= 4 is 11.6 Å². The zero-order valence-electron chi connectivity index (χ0n) is 12.7. The van der Waals surface area contributed by atoms with E-state index in [1.807, 2.05) is 12.3 Å². The molecule has 1 aromatic rings. The highest BCUT2D eigenvalue weighted by molar-refractivity contribution is 5.79. The van der Waals surface area contributed by atoms with Gasteiger partial charge in [-0.15, -0.1) is 0 Å². The van der Waals surface area contributed by atoms with Crippen molar-refractivity contribution in [3.63, 3.8) is 0 Å². The number of carbonyl (C=O) groups excluding carboxylic acids is 1. The second kappa shape index (κ2) is 6.43. The summed E-state index contributed by atoms with van der Waals surface area (Å²) in [5.74, 6) is 0.274. The molecule has 0 bridgehead atoms. The molecule has 2 aliphatic heterocycles. The minimum atomic E-state index is 0.0832. The summed E-state index contributed by atoms with van der Waals surface area (Å²) < 4.78 is 0. The monoisotopic (exact) mass is 288 g/mol. The number of piperidine rings is 1. The number of nitrogens with one attached hydrogen (secondary N) is 1. The van der Waals surface area contributed by atoms with Crippen LogP contribution in [0.2, 0.25) is 0 Å². The molecule has 0 aromatic carbocycles. The van der Waals surface area contributed by atoms with Crippen LogP contribution in [-0.2, 0) is 11.2 Å². The molecule has 0 saturated carbocycles. The number of rotatable bonds is 3. The molecular formula is C16H24N4O. The molecule has 1 amide bonds. The van der Waals surface area contributed by atoms with Gasteiger partial charge in [0.05, 0.1) is 11.4 Å². The molecule has 1 N–H and O–H groups in total. The van der Waals surface area contributed by atoms with Crippen LogP contribution in [0, 0.1) is 5.92 Å². The average Bonchev–Trinajstić information content (AvgIpc) is 2.51. The Morgan fingerprint density at radius 3 is 2.90 bits per heavy atom. The summed E-state index contributed by atoms with van der Waals surface area (Å²) in [5, 5.41) is 2.97. The van der Waals surface area contributed by atoms with Crippen molar-refractivity contribution in [2.75, 3.05) is 44.7 Å². The number of aromatic nitrogens is 1. The van der Waals surface area contributed by atoms with Crippen molar-refractivity contribution in [1.29, 1.82) is 0 Å². The van der Waals surface area contributed by atoms with E-state index in [-0.39, 0.29) is 11.8 Å². The molecule has 0 aliphatic carbocycles. The highest BCUT2D eigenvalue weighted by atomic mass is 16.1. The van der Waals surface area contributed by atoms with Gasteiger partial charge in [-0.25, -0.2) is 0 Å². The summed E-state index contributed by atoms with van der Waals surface area (Å²) in [4.78, 5) is 21.3. The van der Waals surface area contributed by atoms with Crippen molar-refractivity contribution in [2.45, 2.75) is 19.3 Å². The maximum atomic E-state index is 12.0. The Morgan fingerprint density at radius 1 is 1.33 bits per heavy atom. The molecule has 5 nitrogen and oxygen atoms in total. The number of hydrogen-bond donors (Lipinski definition) is 1. The summed E-state index contributed by atoms with van der Waals surface area (Å²) in [7, 11) is 2.16. The van der Waals surface area contributed by atoms with Crippen LogP contribution in [0.5, 0.6) is 0 Å². The normalized spacial score (nSPS) is 24.0. The van der Waals surface area contributed by atoms with E-state index >= 15 is 0 Å². The quantitative estimate of drug-likeness (QED) is 0.898. The number of anilines is 1. The van der Waals surface area contributed by atoms with Crippen LogP contribution in [-0.4, -0.2) is 55.6 Å². The van der Waals surface area contributed by atoms with Crippen LogP contribution in [0.1, 0.15) is 18.5 Å². The van der Waals surface area contributed by atoms with Crippen LogP contribution >= 0.6 is 0 Å². The Morgan fingerprint density at radius 2 is 2.14 bits per heavy atom. The van der Waals surface area contributed by atoms with E-state index in [4.69, 9.17) is 0 Å². The fourth-order valence-corrected chi connectivity index (χ4v) is 3.19. The fourth-order valence-electron chi connectivity index (χ4n) is 3.19. The molecule has 0 radical (unpaired) electrons. The topological polar surface area (TPSA) is 48.5 Å². The first-order chi connectivity index (χ1) is 10.2. The minimum Gasteiger partial charge on any atom is -0.367 e.